The van der Waals surface area contributed by atoms with Crippen LogP contribution in [0.4, 0.5) is 4.39 Å². The molecule has 0 aliphatic carbocycles. The Hall–Kier alpha value is -2.21. The van der Waals surface area contributed by atoms with Crippen molar-refractivity contribution in [2.24, 2.45) is 0 Å². The van der Waals surface area contributed by atoms with Crippen molar-refractivity contribution >= 4 is 23.2 Å². The molecular formula is C19H21FN2O2S. The van der Waals surface area contributed by atoms with Gasteiger partial charge in [-0.25, -0.2) is 4.39 Å². The second-order valence-electron chi connectivity index (χ2n) is 6.11. The Bertz CT molecular complexity index is 716. The van der Waals surface area contributed by atoms with Crippen molar-refractivity contribution in [1.29, 1.82) is 0 Å². The summed E-state index contributed by atoms with van der Waals surface area (Å²) in [7, 11) is 0. The van der Waals surface area contributed by atoms with Gasteiger partial charge in [0.2, 0.25) is 5.91 Å². The summed E-state index contributed by atoms with van der Waals surface area (Å²) in [5.41, 5.74) is 0.485. The second-order valence-corrected chi connectivity index (χ2v) is 7.15. The lowest BCUT2D eigenvalue weighted by molar-refractivity contribution is -0.131. The fourth-order valence-electron chi connectivity index (χ4n) is 2.99. The standard InChI is InChI=1S/C19H21FN2O2S/c20-16-6-4-15(5-7-16)19(24)22-11-2-10-21(12-13-22)18(23)9-8-17-3-1-14-25-17/h1,3-7,14H,2,8-13H2. The molecule has 4 nitrogen and oxygen atoms in total. The first-order valence-corrected chi connectivity index (χ1v) is 9.36. The van der Waals surface area contributed by atoms with Crippen LogP contribution >= 0.6 is 11.3 Å². The first kappa shape index (κ1) is 17.6. The average molecular weight is 360 g/mol. The van der Waals surface area contributed by atoms with E-state index in [0.717, 1.165) is 12.8 Å². The predicted molar refractivity (Wildman–Crippen MR) is 96.1 cm³/mol. The normalized spacial score (nSPS) is 15.1. The number of rotatable bonds is 4. The minimum Gasteiger partial charge on any atom is -0.341 e. The van der Waals surface area contributed by atoms with E-state index in [1.165, 1.54) is 29.1 Å². The summed E-state index contributed by atoms with van der Waals surface area (Å²) in [5, 5.41) is 2.02. The molecular weight excluding hydrogens is 339 g/mol. The van der Waals surface area contributed by atoms with Crippen LogP contribution in [0.2, 0.25) is 0 Å². The largest absolute Gasteiger partial charge is 0.341 e. The van der Waals surface area contributed by atoms with Crippen LogP contribution in [-0.4, -0.2) is 47.8 Å². The van der Waals surface area contributed by atoms with Crippen molar-refractivity contribution in [2.45, 2.75) is 19.3 Å². The lowest BCUT2D eigenvalue weighted by Crippen LogP contribution is -2.37. The number of thiophene rings is 1. The van der Waals surface area contributed by atoms with Crippen molar-refractivity contribution in [3.8, 4) is 0 Å². The molecule has 132 valence electrons. The van der Waals surface area contributed by atoms with Crippen LogP contribution in [0.25, 0.3) is 0 Å². The molecule has 0 saturated carbocycles. The first-order valence-electron chi connectivity index (χ1n) is 8.48. The zero-order valence-corrected chi connectivity index (χ0v) is 14.8. The zero-order chi connectivity index (χ0) is 17.6. The van der Waals surface area contributed by atoms with Crippen molar-refractivity contribution < 1.29 is 14.0 Å². The van der Waals surface area contributed by atoms with E-state index in [4.69, 9.17) is 0 Å². The van der Waals surface area contributed by atoms with Gasteiger partial charge in [-0.1, -0.05) is 6.07 Å². The molecule has 0 N–H and O–H groups in total. The fraction of sp³-hybridized carbons (Fsp3) is 0.368. The minimum absolute atomic E-state index is 0.104. The fourth-order valence-corrected chi connectivity index (χ4v) is 3.70. The number of aryl methyl sites for hydroxylation is 1. The van der Waals surface area contributed by atoms with Gasteiger partial charge < -0.3 is 9.80 Å². The Morgan fingerprint density at radius 1 is 1.00 bits per heavy atom. The maximum atomic E-state index is 13.0. The van der Waals surface area contributed by atoms with Gasteiger partial charge in [0.25, 0.3) is 5.91 Å². The summed E-state index contributed by atoms with van der Waals surface area (Å²) in [6.45, 7) is 2.36. The van der Waals surface area contributed by atoms with E-state index in [0.29, 0.717) is 38.2 Å². The highest BCUT2D eigenvalue weighted by Crippen LogP contribution is 2.14. The number of halogens is 1. The van der Waals surface area contributed by atoms with E-state index in [1.54, 1.807) is 16.2 Å². The molecule has 3 rings (SSSR count). The molecule has 1 aliphatic rings. The van der Waals surface area contributed by atoms with Crippen LogP contribution in [0.3, 0.4) is 0 Å². The molecule has 0 spiro atoms. The lowest BCUT2D eigenvalue weighted by Gasteiger charge is -2.22. The molecule has 0 radical (unpaired) electrons. The number of carbonyl (C=O) groups excluding carboxylic acids is 2. The predicted octanol–water partition coefficient (Wildman–Crippen LogP) is 3.19. The van der Waals surface area contributed by atoms with Crippen LogP contribution in [0.1, 0.15) is 28.1 Å². The van der Waals surface area contributed by atoms with E-state index in [9.17, 15) is 14.0 Å². The summed E-state index contributed by atoms with van der Waals surface area (Å²) in [5.74, 6) is -0.313. The van der Waals surface area contributed by atoms with Gasteiger partial charge in [-0.15, -0.1) is 11.3 Å². The van der Waals surface area contributed by atoms with Crippen LogP contribution in [-0.2, 0) is 11.2 Å². The Labute approximate surface area is 150 Å². The van der Waals surface area contributed by atoms with Gasteiger partial charge in [0.05, 0.1) is 0 Å². The number of hydrogen-bond donors (Lipinski definition) is 0. The van der Waals surface area contributed by atoms with Crippen LogP contribution < -0.4 is 0 Å². The maximum absolute atomic E-state index is 13.0. The molecule has 1 aromatic carbocycles. The molecule has 2 amide bonds. The number of hydrogen-bond acceptors (Lipinski definition) is 3. The molecule has 0 unspecified atom stereocenters. The Kier molecular flexibility index (Phi) is 5.81. The molecule has 6 heteroatoms. The van der Waals surface area contributed by atoms with E-state index in [2.05, 4.69) is 0 Å². The Morgan fingerprint density at radius 3 is 2.44 bits per heavy atom. The molecule has 25 heavy (non-hydrogen) atoms. The van der Waals surface area contributed by atoms with Crippen LogP contribution in [0.15, 0.2) is 41.8 Å². The lowest BCUT2D eigenvalue weighted by atomic mass is 10.2. The van der Waals surface area contributed by atoms with Crippen molar-refractivity contribution in [3.63, 3.8) is 0 Å². The number of carbonyl (C=O) groups is 2. The van der Waals surface area contributed by atoms with Crippen molar-refractivity contribution in [1.82, 2.24) is 9.80 Å². The highest BCUT2D eigenvalue weighted by Gasteiger charge is 2.22. The van der Waals surface area contributed by atoms with Gasteiger partial charge in [-0.05, 0) is 48.6 Å². The van der Waals surface area contributed by atoms with E-state index in [1.807, 2.05) is 22.4 Å². The van der Waals surface area contributed by atoms with E-state index >= 15 is 0 Å². The highest BCUT2D eigenvalue weighted by atomic mass is 32.1. The summed E-state index contributed by atoms with van der Waals surface area (Å²) in [6, 6.07) is 9.65. The molecule has 2 heterocycles. The summed E-state index contributed by atoms with van der Waals surface area (Å²) < 4.78 is 13.0. The van der Waals surface area contributed by atoms with E-state index < -0.39 is 0 Å². The molecule has 1 aliphatic heterocycles. The summed E-state index contributed by atoms with van der Waals surface area (Å²) in [4.78, 5) is 29.8. The molecule has 1 fully saturated rings. The van der Waals surface area contributed by atoms with Gasteiger partial charge >= 0.3 is 0 Å². The highest BCUT2D eigenvalue weighted by molar-refractivity contribution is 7.09. The van der Waals surface area contributed by atoms with Gasteiger partial charge in [-0.2, -0.15) is 0 Å². The Balaban J connectivity index is 1.53. The summed E-state index contributed by atoms with van der Waals surface area (Å²) in [6.07, 6.45) is 2.04. The van der Waals surface area contributed by atoms with Crippen LogP contribution in [0, 0.1) is 5.82 Å². The van der Waals surface area contributed by atoms with Crippen molar-refractivity contribution in [2.75, 3.05) is 26.2 Å². The third kappa shape index (κ3) is 4.66. The van der Waals surface area contributed by atoms with Gasteiger partial charge in [0, 0.05) is 43.0 Å². The first-order chi connectivity index (χ1) is 12.1. The third-order valence-corrected chi connectivity index (χ3v) is 5.33. The van der Waals surface area contributed by atoms with E-state index in [-0.39, 0.29) is 17.6 Å². The summed E-state index contributed by atoms with van der Waals surface area (Å²) >= 11 is 1.67. The number of benzene rings is 1. The minimum atomic E-state index is -0.352. The monoisotopic (exact) mass is 360 g/mol. The SMILES string of the molecule is O=C(CCc1cccs1)N1CCCN(C(=O)c2ccc(F)cc2)CC1. The average Bonchev–Trinajstić information content (AvgIpc) is 3.02. The smallest absolute Gasteiger partial charge is 0.253 e. The van der Waals surface area contributed by atoms with Crippen molar-refractivity contribution in [3.05, 3.63) is 58.0 Å². The quantitative estimate of drug-likeness (QED) is 0.840. The molecule has 0 atom stereocenters. The van der Waals surface area contributed by atoms with Crippen LogP contribution in [0.5, 0.6) is 0 Å². The third-order valence-electron chi connectivity index (χ3n) is 4.39. The van der Waals surface area contributed by atoms with Gasteiger partial charge in [0.1, 0.15) is 5.82 Å². The Morgan fingerprint density at radius 2 is 1.72 bits per heavy atom. The van der Waals surface area contributed by atoms with Gasteiger partial charge in [0.15, 0.2) is 0 Å². The topological polar surface area (TPSA) is 40.6 Å². The number of amides is 2. The molecule has 0 bridgehead atoms. The van der Waals surface area contributed by atoms with Gasteiger partial charge in [-0.3, -0.25) is 9.59 Å². The number of nitrogens with zero attached hydrogens (tertiary/aromatic N) is 2. The second kappa shape index (κ2) is 8.25. The maximum Gasteiger partial charge on any atom is 0.253 e. The molecule has 2 aromatic rings. The zero-order valence-electron chi connectivity index (χ0n) is 14.0. The molecule has 1 aromatic heterocycles. The molecule has 1 saturated heterocycles.